The molecule has 2 unspecified atom stereocenters. The molecule has 6 N–H and O–H groups in total. The number of carbonyl (C=O) groups excluding carboxylic acids is 3. The maximum Gasteiger partial charge on any atom is 0.307 e. The van der Waals surface area contributed by atoms with Crippen LogP contribution in [0, 0.1) is 46.3 Å². The maximum atomic E-state index is 13.3. The summed E-state index contributed by atoms with van der Waals surface area (Å²) in [6.07, 6.45) is 8.16. The molecule has 4 saturated carbocycles. The number of nitrogens with two attached hydrogens (primary N) is 3. The van der Waals surface area contributed by atoms with Gasteiger partial charge in [0.1, 0.15) is 18.3 Å². The summed E-state index contributed by atoms with van der Waals surface area (Å²) in [4.78, 5) is 41.3. The van der Waals surface area contributed by atoms with Crippen LogP contribution < -0.4 is 17.2 Å². The third kappa shape index (κ3) is 8.82. The molecule has 4 aliphatic carbocycles. The van der Waals surface area contributed by atoms with E-state index in [0.717, 1.165) is 70.9 Å². The third-order valence-corrected chi connectivity index (χ3v) is 13.8. The summed E-state index contributed by atoms with van der Waals surface area (Å²) in [5.41, 5.74) is 18.3. The largest absolute Gasteiger partial charge is 0.462 e. The van der Waals surface area contributed by atoms with Gasteiger partial charge in [0, 0.05) is 37.5 Å². The van der Waals surface area contributed by atoms with Gasteiger partial charge in [-0.2, -0.15) is 0 Å². The Labute approximate surface area is 306 Å². The molecule has 286 valence electrons. The molecular weight excluding hydrogens is 644 g/mol. The van der Waals surface area contributed by atoms with Crippen molar-refractivity contribution < 1.29 is 28.6 Å². The lowest BCUT2D eigenvalue weighted by molar-refractivity contribution is -0.225. The van der Waals surface area contributed by atoms with Crippen LogP contribution in [0.4, 0.5) is 0 Å². The first-order valence-electron chi connectivity index (χ1n) is 19.9. The Morgan fingerprint density at radius 2 is 1.49 bits per heavy atom. The molecule has 11 atom stereocenters. The minimum absolute atomic E-state index is 0.0644. The van der Waals surface area contributed by atoms with Crippen LogP contribution >= 0.6 is 0 Å². The fourth-order valence-electron chi connectivity index (χ4n) is 11.4. The number of ether oxygens (including phenoxy) is 3. The summed E-state index contributed by atoms with van der Waals surface area (Å²) < 4.78 is 18.8. The molecule has 0 heterocycles. The molecular formula is C41H66N4O6. The van der Waals surface area contributed by atoms with E-state index in [1.165, 1.54) is 5.56 Å². The van der Waals surface area contributed by atoms with Gasteiger partial charge in [-0.05, 0) is 112 Å². The quantitative estimate of drug-likeness (QED) is 0.154. The molecule has 0 spiro atoms. The van der Waals surface area contributed by atoms with Crippen LogP contribution in [0.3, 0.4) is 0 Å². The van der Waals surface area contributed by atoms with Crippen molar-refractivity contribution in [1.29, 1.82) is 0 Å². The summed E-state index contributed by atoms with van der Waals surface area (Å²) in [6, 6.07) is 10.6. The zero-order valence-corrected chi connectivity index (χ0v) is 31.7. The van der Waals surface area contributed by atoms with Gasteiger partial charge in [-0.3, -0.25) is 14.4 Å². The Morgan fingerprint density at radius 1 is 0.843 bits per heavy atom. The summed E-state index contributed by atoms with van der Waals surface area (Å²) in [5, 5.41) is 0. The van der Waals surface area contributed by atoms with Gasteiger partial charge < -0.3 is 36.3 Å². The summed E-state index contributed by atoms with van der Waals surface area (Å²) in [6.45, 7) is 9.90. The van der Waals surface area contributed by atoms with Crippen LogP contribution in [0.1, 0.15) is 103 Å². The van der Waals surface area contributed by atoms with Crippen LogP contribution in [0.2, 0.25) is 0 Å². The van der Waals surface area contributed by atoms with Gasteiger partial charge in [0.25, 0.3) is 0 Å². The molecule has 0 saturated heterocycles. The van der Waals surface area contributed by atoms with E-state index in [4.69, 9.17) is 31.4 Å². The molecule has 51 heavy (non-hydrogen) atoms. The van der Waals surface area contributed by atoms with Gasteiger partial charge in [-0.15, -0.1) is 0 Å². The van der Waals surface area contributed by atoms with Crippen LogP contribution in [0.5, 0.6) is 0 Å². The predicted octanol–water partition coefficient (Wildman–Crippen LogP) is 5.20. The molecule has 1 aromatic carbocycles. The SMILES string of the molecule is C[C@H](CCCN(C)Cc1ccccc1)[C@H]1CC[C@H]2C3[C@H](OC(=O)CCN)CC4C[C@H](OC(=O)CCN)CC[C@]4(C)[C@H]3C[C@H](OC(=O)CCN)[C@]12C. The number of hydrogen-bond donors (Lipinski definition) is 3. The highest BCUT2D eigenvalue weighted by Crippen LogP contribution is 2.69. The minimum atomic E-state index is -0.253. The number of fused-ring (bicyclic) bond motifs is 5. The van der Waals surface area contributed by atoms with E-state index >= 15 is 0 Å². The zero-order valence-electron chi connectivity index (χ0n) is 31.7. The Hall–Kier alpha value is -2.53. The van der Waals surface area contributed by atoms with Gasteiger partial charge in [0.15, 0.2) is 0 Å². The van der Waals surface area contributed by atoms with Crippen molar-refractivity contribution in [3.05, 3.63) is 35.9 Å². The topological polar surface area (TPSA) is 160 Å². The number of nitrogens with zero attached hydrogens (tertiary/aromatic N) is 1. The maximum absolute atomic E-state index is 13.3. The van der Waals surface area contributed by atoms with Gasteiger partial charge >= 0.3 is 17.9 Å². The Morgan fingerprint density at radius 3 is 2.16 bits per heavy atom. The van der Waals surface area contributed by atoms with Crippen molar-refractivity contribution in [2.24, 2.45) is 63.5 Å². The van der Waals surface area contributed by atoms with E-state index in [1.54, 1.807) is 0 Å². The fourth-order valence-corrected chi connectivity index (χ4v) is 11.4. The van der Waals surface area contributed by atoms with Crippen molar-refractivity contribution in [3.63, 3.8) is 0 Å². The molecule has 5 rings (SSSR count). The van der Waals surface area contributed by atoms with Crippen LogP contribution in [0.15, 0.2) is 30.3 Å². The molecule has 4 aliphatic rings. The number of rotatable bonds is 16. The first-order valence-corrected chi connectivity index (χ1v) is 19.9. The van der Waals surface area contributed by atoms with Gasteiger partial charge in [-0.1, -0.05) is 51.1 Å². The Balaban J connectivity index is 1.39. The first-order chi connectivity index (χ1) is 24.4. The average Bonchev–Trinajstić information content (AvgIpc) is 3.44. The van der Waals surface area contributed by atoms with Crippen molar-refractivity contribution >= 4 is 17.9 Å². The normalized spacial score (nSPS) is 34.9. The fraction of sp³-hybridized carbons (Fsp3) is 0.780. The highest BCUT2D eigenvalue weighted by Gasteiger charge is 2.67. The Bertz CT molecular complexity index is 1310. The lowest BCUT2D eigenvalue weighted by Gasteiger charge is -2.64. The second-order valence-electron chi connectivity index (χ2n) is 16.9. The van der Waals surface area contributed by atoms with Crippen LogP contribution in [0.25, 0.3) is 0 Å². The molecule has 4 fully saturated rings. The number of benzene rings is 1. The van der Waals surface area contributed by atoms with Crippen molar-refractivity contribution in [3.8, 4) is 0 Å². The van der Waals surface area contributed by atoms with E-state index < -0.39 is 0 Å². The molecule has 10 nitrogen and oxygen atoms in total. The zero-order chi connectivity index (χ0) is 36.8. The van der Waals surface area contributed by atoms with E-state index in [1.807, 2.05) is 0 Å². The molecule has 0 aromatic heterocycles. The van der Waals surface area contributed by atoms with Gasteiger partial charge in [-0.25, -0.2) is 0 Å². The summed E-state index contributed by atoms with van der Waals surface area (Å²) >= 11 is 0. The van der Waals surface area contributed by atoms with Crippen LogP contribution in [-0.2, 0) is 35.1 Å². The molecule has 1 aromatic rings. The van der Waals surface area contributed by atoms with Crippen molar-refractivity contribution in [1.82, 2.24) is 4.90 Å². The highest BCUT2D eigenvalue weighted by molar-refractivity contribution is 5.70. The van der Waals surface area contributed by atoms with Crippen LogP contribution in [-0.4, -0.2) is 74.3 Å². The first kappa shape index (κ1) is 39.7. The lowest BCUT2D eigenvalue weighted by Crippen LogP contribution is -2.63. The molecule has 0 aliphatic heterocycles. The molecule has 0 radical (unpaired) electrons. The number of carbonyl (C=O) groups is 3. The predicted molar refractivity (Wildman–Crippen MR) is 198 cm³/mol. The smallest absolute Gasteiger partial charge is 0.307 e. The molecule has 0 amide bonds. The average molecular weight is 711 g/mol. The molecule has 10 heteroatoms. The number of hydrogen-bond acceptors (Lipinski definition) is 10. The summed E-state index contributed by atoms with van der Waals surface area (Å²) in [5.74, 6) is 0.910. The Kier molecular flexibility index (Phi) is 13.6. The van der Waals surface area contributed by atoms with E-state index in [9.17, 15) is 14.4 Å². The monoisotopic (exact) mass is 710 g/mol. The second kappa shape index (κ2) is 17.5. The molecule has 0 bridgehead atoms. The van der Waals surface area contributed by atoms with E-state index in [0.29, 0.717) is 11.8 Å². The second-order valence-corrected chi connectivity index (χ2v) is 16.9. The van der Waals surface area contributed by atoms with Crippen molar-refractivity contribution in [2.45, 2.75) is 123 Å². The van der Waals surface area contributed by atoms with E-state index in [-0.39, 0.29) is 110 Å². The van der Waals surface area contributed by atoms with Crippen molar-refractivity contribution in [2.75, 3.05) is 33.2 Å². The third-order valence-electron chi connectivity index (χ3n) is 13.8. The highest BCUT2D eigenvalue weighted by atomic mass is 16.6. The van der Waals surface area contributed by atoms with Gasteiger partial charge in [0.2, 0.25) is 0 Å². The lowest BCUT2D eigenvalue weighted by atomic mass is 9.43. The minimum Gasteiger partial charge on any atom is -0.462 e. The van der Waals surface area contributed by atoms with Gasteiger partial charge in [0.05, 0.1) is 19.3 Å². The number of esters is 3. The standard InChI is InChI=1S/C41H66N4O6/c1-27(9-8-22-45(4)26-28-10-6-5-7-11-28)31-12-13-32-39-33(25-35(41(31,32)3)51-38(48)17-21-44)40(2)18-14-30(49-36(46)15-19-42)23-29(40)24-34(39)50-37(47)16-20-43/h5-7,10-11,27,29-35,39H,8-9,12-26,42-44H2,1-4H3/t27-,29?,30-,31-,32+,33+,34-,35+,39?,40+,41-/m1/s1. The summed E-state index contributed by atoms with van der Waals surface area (Å²) in [7, 11) is 2.19. The van der Waals surface area contributed by atoms with E-state index in [2.05, 4.69) is 63.1 Å².